The van der Waals surface area contributed by atoms with E-state index in [-0.39, 0.29) is 5.69 Å². The average molecular weight is 442 g/mol. The molecule has 2 aromatic carbocycles. The van der Waals surface area contributed by atoms with E-state index in [1.165, 1.54) is 12.1 Å². The number of carbonyl (C=O) groups is 1. The zero-order chi connectivity index (χ0) is 22.9. The van der Waals surface area contributed by atoms with Gasteiger partial charge in [0.05, 0.1) is 30.1 Å². The second-order valence-electron chi connectivity index (χ2n) is 6.97. The number of halogens is 3. The van der Waals surface area contributed by atoms with E-state index in [0.29, 0.717) is 16.9 Å². The molecule has 1 amide bonds. The molecular formula is C21H17F3N6O2. The normalized spacial score (nSPS) is 11.4. The van der Waals surface area contributed by atoms with E-state index in [0.717, 1.165) is 23.4 Å². The number of carbonyl (C=O) groups excluding carboxylic acids is 1. The molecule has 8 nitrogen and oxygen atoms in total. The van der Waals surface area contributed by atoms with Crippen LogP contribution in [-0.2, 0) is 7.05 Å². The first kappa shape index (κ1) is 21.1. The molecule has 0 atom stereocenters. The Morgan fingerprint density at radius 3 is 2.69 bits per heavy atom. The van der Waals surface area contributed by atoms with Gasteiger partial charge in [0, 0.05) is 24.4 Å². The summed E-state index contributed by atoms with van der Waals surface area (Å²) < 4.78 is 44.5. The van der Waals surface area contributed by atoms with E-state index in [4.69, 9.17) is 0 Å². The molecule has 0 aliphatic carbocycles. The summed E-state index contributed by atoms with van der Waals surface area (Å²) in [6, 6.07) is 10.1. The first-order valence-electron chi connectivity index (χ1n) is 9.37. The van der Waals surface area contributed by atoms with Crippen molar-refractivity contribution in [3.63, 3.8) is 0 Å². The molecule has 2 aromatic heterocycles. The van der Waals surface area contributed by atoms with Crippen LogP contribution in [0.3, 0.4) is 0 Å². The number of hydrogen-bond donors (Lipinski definition) is 1. The minimum atomic E-state index is -4.82. The van der Waals surface area contributed by atoms with Gasteiger partial charge in [0.2, 0.25) is 0 Å². The molecular weight excluding hydrogens is 425 g/mol. The van der Waals surface area contributed by atoms with Crippen LogP contribution in [0.1, 0.15) is 15.9 Å². The first-order valence-corrected chi connectivity index (χ1v) is 9.37. The van der Waals surface area contributed by atoms with E-state index in [1.54, 1.807) is 41.6 Å². The molecule has 0 saturated carbocycles. The topological polar surface area (TPSA) is 86.9 Å². The third kappa shape index (κ3) is 4.61. The average Bonchev–Trinajstić information content (AvgIpc) is 3.36. The minimum absolute atomic E-state index is 0.165. The van der Waals surface area contributed by atoms with Crippen LogP contribution in [0, 0.1) is 6.92 Å². The van der Waals surface area contributed by atoms with Gasteiger partial charge in [-0.05, 0) is 36.8 Å². The summed E-state index contributed by atoms with van der Waals surface area (Å²) in [6.07, 6.45) is 0.223. The number of aryl methyl sites for hydroxylation is 2. The molecule has 164 valence electrons. The second kappa shape index (κ2) is 8.17. The molecule has 2 heterocycles. The van der Waals surface area contributed by atoms with Crippen LogP contribution >= 0.6 is 0 Å². The van der Waals surface area contributed by atoms with E-state index in [9.17, 15) is 18.0 Å². The summed E-state index contributed by atoms with van der Waals surface area (Å²) in [6.45, 7) is 1.86. The molecule has 1 N–H and O–H groups in total. The van der Waals surface area contributed by atoms with Crippen molar-refractivity contribution >= 4 is 11.6 Å². The maximum Gasteiger partial charge on any atom is 0.573 e. The molecule has 11 heteroatoms. The van der Waals surface area contributed by atoms with E-state index >= 15 is 0 Å². The van der Waals surface area contributed by atoms with Gasteiger partial charge in [-0.15, -0.1) is 18.3 Å². The Kier molecular flexibility index (Phi) is 5.39. The van der Waals surface area contributed by atoms with Crippen LogP contribution in [0.25, 0.3) is 17.1 Å². The van der Waals surface area contributed by atoms with Crippen molar-refractivity contribution in [1.29, 1.82) is 0 Å². The SMILES string of the molecule is Cc1ccc(C(=O)Nc2cccc(OC(F)(F)F)c2)cc1-n1cc(-c2cncn2C)nn1. The fourth-order valence-corrected chi connectivity index (χ4v) is 3.07. The highest BCUT2D eigenvalue weighted by atomic mass is 19.4. The highest BCUT2D eigenvalue weighted by molar-refractivity contribution is 6.04. The number of alkyl halides is 3. The largest absolute Gasteiger partial charge is 0.573 e. The molecule has 0 unspecified atom stereocenters. The Balaban J connectivity index is 1.57. The number of imidazole rings is 1. The quantitative estimate of drug-likeness (QED) is 0.502. The lowest BCUT2D eigenvalue weighted by atomic mass is 10.1. The van der Waals surface area contributed by atoms with E-state index < -0.39 is 18.0 Å². The summed E-state index contributed by atoms with van der Waals surface area (Å²) in [4.78, 5) is 16.8. The summed E-state index contributed by atoms with van der Waals surface area (Å²) in [5.74, 6) is -0.924. The van der Waals surface area contributed by atoms with Crippen molar-refractivity contribution in [3.05, 3.63) is 72.3 Å². The summed E-state index contributed by atoms with van der Waals surface area (Å²) in [5.41, 5.74) is 3.34. The van der Waals surface area contributed by atoms with Gasteiger partial charge in [-0.25, -0.2) is 9.67 Å². The number of anilines is 1. The van der Waals surface area contributed by atoms with Gasteiger partial charge in [0.15, 0.2) is 0 Å². The number of rotatable bonds is 5. The van der Waals surface area contributed by atoms with Crippen molar-refractivity contribution in [2.24, 2.45) is 7.05 Å². The molecule has 0 spiro atoms. The molecule has 4 aromatic rings. The number of hydrogen-bond acceptors (Lipinski definition) is 5. The van der Waals surface area contributed by atoms with Crippen molar-refractivity contribution in [2.45, 2.75) is 13.3 Å². The van der Waals surface area contributed by atoms with Crippen molar-refractivity contribution in [1.82, 2.24) is 24.5 Å². The Morgan fingerprint density at radius 2 is 1.97 bits per heavy atom. The fraction of sp³-hybridized carbons (Fsp3) is 0.143. The van der Waals surface area contributed by atoms with E-state index in [1.807, 2.05) is 18.5 Å². The molecule has 0 radical (unpaired) electrons. The predicted octanol–water partition coefficient (Wildman–Crippen LogP) is 4.13. The first-order chi connectivity index (χ1) is 15.2. The highest BCUT2D eigenvalue weighted by Crippen LogP contribution is 2.26. The van der Waals surface area contributed by atoms with Gasteiger partial charge in [-0.3, -0.25) is 4.79 Å². The van der Waals surface area contributed by atoms with Crippen LogP contribution in [0.2, 0.25) is 0 Å². The molecule has 0 saturated heterocycles. The minimum Gasteiger partial charge on any atom is -0.406 e. The summed E-state index contributed by atoms with van der Waals surface area (Å²) in [7, 11) is 1.84. The smallest absolute Gasteiger partial charge is 0.406 e. The number of nitrogens with one attached hydrogen (secondary N) is 1. The van der Waals surface area contributed by atoms with Crippen LogP contribution in [0.15, 0.2) is 61.2 Å². The molecule has 0 fully saturated rings. The highest BCUT2D eigenvalue weighted by Gasteiger charge is 2.31. The number of nitrogens with zero attached hydrogens (tertiary/aromatic N) is 5. The van der Waals surface area contributed by atoms with Gasteiger partial charge >= 0.3 is 6.36 Å². The maximum absolute atomic E-state index is 12.7. The van der Waals surface area contributed by atoms with Crippen LogP contribution in [-0.4, -0.2) is 36.8 Å². The third-order valence-electron chi connectivity index (χ3n) is 4.62. The van der Waals surface area contributed by atoms with Gasteiger partial charge in [-0.2, -0.15) is 0 Å². The molecule has 0 bridgehead atoms. The predicted molar refractivity (Wildman–Crippen MR) is 109 cm³/mol. The standard InChI is InChI=1S/C21H17F3N6O2/c1-13-6-7-14(20(31)26-15-4-3-5-16(9-15)32-21(22,23)24)8-18(13)30-11-17(27-28-30)19-10-25-12-29(19)2/h3-12H,1-2H3,(H,26,31). The Morgan fingerprint density at radius 1 is 1.16 bits per heavy atom. The van der Waals surface area contributed by atoms with Crippen molar-refractivity contribution in [2.75, 3.05) is 5.32 Å². The summed E-state index contributed by atoms with van der Waals surface area (Å²) >= 11 is 0. The molecule has 0 aliphatic heterocycles. The van der Waals surface area contributed by atoms with Crippen LogP contribution in [0.5, 0.6) is 5.75 Å². The lowest BCUT2D eigenvalue weighted by molar-refractivity contribution is -0.274. The number of benzene rings is 2. The zero-order valence-electron chi connectivity index (χ0n) is 17.0. The van der Waals surface area contributed by atoms with Crippen LogP contribution < -0.4 is 10.1 Å². The van der Waals surface area contributed by atoms with Crippen molar-refractivity contribution in [3.8, 4) is 22.8 Å². The fourth-order valence-electron chi connectivity index (χ4n) is 3.07. The number of ether oxygens (including phenoxy) is 1. The zero-order valence-corrected chi connectivity index (χ0v) is 17.0. The lowest BCUT2D eigenvalue weighted by Gasteiger charge is -2.12. The monoisotopic (exact) mass is 442 g/mol. The molecule has 4 rings (SSSR count). The lowest BCUT2D eigenvalue weighted by Crippen LogP contribution is -2.17. The third-order valence-corrected chi connectivity index (χ3v) is 4.62. The van der Waals surface area contributed by atoms with Crippen molar-refractivity contribution < 1.29 is 22.7 Å². The Labute approximate surface area is 180 Å². The van der Waals surface area contributed by atoms with Gasteiger partial charge in [-0.1, -0.05) is 17.3 Å². The molecule has 0 aliphatic rings. The second-order valence-corrected chi connectivity index (χ2v) is 6.97. The van der Waals surface area contributed by atoms with Gasteiger partial charge in [0.1, 0.15) is 11.4 Å². The Hall–Kier alpha value is -4.15. The number of aromatic nitrogens is 5. The van der Waals surface area contributed by atoms with Gasteiger partial charge in [0.25, 0.3) is 5.91 Å². The maximum atomic E-state index is 12.7. The summed E-state index contributed by atoms with van der Waals surface area (Å²) in [5, 5.41) is 10.9. The van der Waals surface area contributed by atoms with Crippen LogP contribution in [0.4, 0.5) is 18.9 Å². The number of amides is 1. The van der Waals surface area contributed by atoms with Gasteiger partial charge < -0.3 is 14.6 Å². The van der Waals surface area contributed by atoms with E-state index in [2.05, 4.69) is 25.3 Å². The Bertz CT molecular complexity index is 1280. The molecule has 32 heavy (non-hydrogen) atoms.